The third-order valence-corrected chi connectivity index (χ3v) is 3.17. The van der Waals surface area contributed by atoms with Crippen LogP contribution in [0.15, 0.2) is 36.9 Å². The van der Waals surface area contributed by atoms with Crippen LogP contribution in [0, 0.1) is 0 Å². The molecule has 0 aliphatic heterocycles. The van der Waals surface area contributed by atoms with Crippen LogP contribution in [0.1, 0.15) is 32.4 Å². The predicted molar refractivity (Wildman–Crippen MR) is 68.4 cm³/mol. The number of unbranched alkanes of at least 4 members (excludes halogenated alkanes) is 1. The third kappa shape index (κ3) is 2.50. The second-order valence-electron chi connectivity index (χ2n) is 4.47. The molecule has 0 spiro atoms. The maximum absolute atomic E-state index is 6.06. The summed E-state index contributed by atoms with van der Waals surface area (Å²) in [5.74, 6) is 0.674. The van der Waals surface area contributed by atoms with Crippen LogP contribution in [-0.2, 0) is 7.05 Å². The predicted octanol–water partition coefficient (Wildman–Crippen LogP) is 0.814. The van der Waals surface area contributed by atoms with Gasteiger partial charge in [0.2, 0.25) is 6.33 Å². The lowest BCUT2D eigenvalue weighted by Crippen LogP contribution is -2.57. The summed E-state index contributed by atoms with van der Waals surface area (Å²) < 4.78 is 5.89. The van der Waals surface area contributed by atoms with Gasteiger partial charge in [-0.15, -0.1) is 4.68 Å². The van der Waals surface area contributed by atoms with Crippen LogP contribution in [0.3, 0.4) is 0 Å². The summed E-state index contributed by atoms with van der Waals surface area (Å²) in [5.41, 5.74) is 6.06. The van der Waals surface area contributed by atoms with Crippen LogP contribution in [0.5, 0.6) is 0 Å². The molecule has 2 aromatic heterocycles. The van der Waals surface area contributed by atoms with E-state index >= 15 is 0 Å². The molecular formula is C13H21N5+2. The lowest BCUT2D eigenvalue weighted by atomic mass is 10.2. The fourth-order valence-electron chi connectivity index (χ4n) is 2.08. The van der Waals surface area contributed by atoms with Crippen LogP contribution < -0.4 is 14.9 Å². The topological polar surface area (TPSA) is 51.6 Å². The molecule has 96 valence electrons. The Morgan fingerprint density at radius 3 is 2.61 bits per heavy atom. The molecule has 0 aromatic carbocycles. The molecule has 0 radical (unpaired) electrons. The average Bonchev–Trinajstić information content (AvgIpc) is 2.73. The highest BCUT2D eigenvalue weighted by Crippen LogP contribution is 2.07. The van der Waals surface area contributed by atoms with Gasteiger partial charge >= 0.3 is 5.95 Å². The van der Waals surface area contributed by atoms with Crippen LogP contribution in [0.2, 0.25) is 0 Å². The molecular weight excluding hydrogens is 226 g/mol. The number of aromatic nitrogens is 4. The number of pyridine rings is 1. The molecule has 0 aliphatic carbocycles. The van der Waals surface area contributed by atoms with E-state index in [1.807, 2.05) is 29.8 Å². The van der Waals surface area contributed by atoms with Gasteiger partial charge in [0.1, 0.15) is 0 Å². The molecule has 5 heteroatoms. The second kappa shape index (κ2) is 5.62. The minimum Gasteiger partial charge on any atom is -0.308 e. The Kier molecular flexibility index (Phi) is 3.92. The number of anilines is 1. The lowest BCUT2D eigenvalue weighted by Gasteiger charge is -2.10. The van der Waals surface area contributed by atoms with E-state index in [4.69, 9.17) is 5.73 Å². The molecule has 2 aromatic rings. The number of nitrogens with two attached hydrogens (primary N) is 1. The summed E-state index contributed by atoms with van der Waals surface area (Å²) in [6, 6.07) is 6.09. The number of nitrogen functional groups attached to an aromatic ring is 1. The molecule has 2 N–H and O–H groups in total. The van der Waals surface area contributed by atoms with Crippen LogP contribution in [0.4, 0.5) is 5.95 Å². The highest BCUT2D eigenvalue weighted by molar-refractivity contribution is 5.03. The summed E-state index contributed by atoms with van der Waals surface area (Å²) >= 11 is 0. The van der Waals surface area contributed by atoms with Crippen molar-refractivity contribution in [3.05, 3.63) is 36.9 Å². The van der Waals surface area contributed by atoms with E-state index in [9.17, 15) is 0 Å². The maximum atomic E-state index is 6.06. The van der Waals surface area contributed by atoms with Gasteiger partial charge in [-0.25, -0.2) is 0 Å². The van der Waals surface area contributed by atoms with Gasteiger partial charge in [-0.05, 0) is 11.5 Å². The Hall–Kier alpha value is -1.91. The number of aryl methyl sites for hydroxylation is 1. The first-order valence-electron chi connectivity index (χ1n) is 6.38. The Morgan fingerprint density at radius 2 is 2.06 bits per heavy atom. The Labute approximate surface area is 107 Å². The van der Waals surface area contributed by atoms with Gasteiger partial charge in [0.25, 0.3) is 6.17 Å². The molecule has 0 saturated heterocycles. The minimum absolute atomic E-state index is 0.194. The van der Waals surface area contributed by atoms with Crippen LogP contribution >= 0.6 is 0 Å². The van der Waals surface area contributed by atoms with E-state index in [0.29, 0.717) is 5.95 Å². The molecule has 2 rings (SSSR count). The molecule has 18 heavy (non-hydrogen) atoms. The largest absolute Gasteiger partial charge is 0.347 e. The van der Waals surface area contributed by atoms with E-state index in [1.165, 1.54) is 6.42 Å². The van der Waals surface area contributed by atoms with Gasteiger partial charge in [0.15, 0.2) is 12.4 Å². The summed E-state index contributed by atoms with van der Waals surface area (Å²) in [4.78, 5) is 0. The fourth-order valence-corrected chi connectivity index (χ4v) is 2.08. The summed E-state index contributed by atoms with van der Waals surface area (Å²) in [6.07, 6.45) is 9.51. The van der Waals surface area contributed by atoms with E-state index < -0.39 is 0 Å². The number of rotatable bonds is 5. The zero-order valence-corrected chi connectivity index (χ0v) is 11.0. The standard InChI is InChI=1S/C13H20N5/c1-3-4-8-12(17-9-6-5-7-10-17)18-11-15-16(2)13(18)14/h5-7,9-12,14H,3-4,8H2,1-2H3/q+1/p+1. The molecule has 0 amide bonds. The Balaban J connectivity index is 2.34. The maximum Gasteiger partial charge on any atom is 0.347 e. The first kappa shape index (κ1) is 12.5. The monoisotopic (exact) mass is 247 g/mol. The molecule has 5 nitrogen and oxygen atoms in total. The van der Waals surface area contributed by atoms with Crippen molar-refractivity contribution in [2.45, 2.75) is 32.4 Å². The fraction of sp³-hybridized carbons (Fsp3) is 0.462. The van der Waals surface area contributed by atoms with Crippen molar-refractivity contribution in [3.8, 4) is 0 Å². The van der Waals surface area contributed by atoms with Gasteiger partial charge in [0, 0.05) is 18.6 Å². The first-order valence-corrected chi connectivity index (χ1v) is 6.38. The van der Waals surface area contributed by atoms with Crippen molar-refractivity contribution in [2.75, 3.05) is 5.73 Å². The van der Waals surface area contributed by atoms with Gasteiger partial charge in [0.05, 0.1) is 7.05 Å². The van der Waals surface area contributed by atoms with Crippen molar-refractivity contribution in [2.24, 2.45) is 7.05 Å². The summed E-state index contributed by atoms with van der Waals surface area (Å²) in [7, 11) is 1.86. The summed E-state index contributed by atoms with van der Waals surface area (Å²) in [6.45, 7) is 2.20. The van der Waals surface area contributed by atoms with Crippen molar-refractivity contribution in [1.82, 2.24) is 9.78 Å². The van der Waals surface area contributed by atoms with Crippen LogP contribution in [0.25, 0.3) is 0 Å². The van der Waals surface area contributed by atoms with Crippen molar-refractivity contribution in [1.29, 1.82) is 0 Å². The first-order chi connectivity index (χ1) is 8.74. The quantitative estimate of drug-likeness (QED) is 0.795. The Morgan fingerprint density at radius 1 is 1.33 bits per heavy atom. The molecule has 0 fully saturated rings. The van der Waals surface area contributed by atoms with Crippen molar-refractivity contribution >= 4 is 5.95 Å². The highest BCUT2D eigenvalue weighted by atomic mass is 15.4. The van der Waals surface area contributed by atoms with E-state index in [-0.39, 0.29) is 6.17 Å². The third-order valence-electron chi connectivity index (χ3n) is 3.17. The van der Waals surface area contributed by atoms with E-state index in [2.05, 4.69) is 29.0 Å². The van der Waals surface area contributed by atoms with Gasteiger partial charge < -0.3 is 5.73 Å². The number of hydrogen-bond donors (Lipinski definition) is 1. The van der Waals surface area contributed by atoms with E-state index in [1.54, 1.807) is 11.0 Å². The minimum atomic E-state index is 0.194. The lowest BCUT2D eigenvalue weighted by molar-refractivity contribution is -0.939. The van der Waals surface area contributed by atoms with E-state index in [0.717, 1.165) is 12.8 Å². The molecule has 0 bridgehead atoms. The number of nitrogens with zero attached hydrogens (tertiary/aromatic N) is 4. The second-order valence-corrected chi connectivity index (χ2v) is 4.47. The molecule has 0 saturated carbocycles. The molecule has 1 atom stereocenters. The molecule has 0 aliphatic rings. The Bertz CT molecular complexity index is 491. The van der Waals surface area contributed by atoms with Gasteiger partial charge in [-0.1, -0.05) is 19.4 Å². The van der Waals surface area contributed by atoms with Crippen LogP contribution in [-0.4, -0.2) is 9.78 Å². The zero-order chi connectivity index (χ0) is 13.0. The smallest absolute Gasteiger partial charge is 0.308 e. The number of hydrogen-bond acceptors (Lipinski definition) is 2. The van der Waals surface area contributed by atoms with Crippen molar-refractivity contribution < 1.29 is 9.13 Å². The highest BCUT2D eigenvalue weighted by Gasteiger charge is 2.27. The van der Waals surface area contributed by atoms with Gasteiger partial charge in [-0.2, -0.15) is 9.13 Å². The molecule has 1 unspecified atom stereocenters. The van der Waals surface area contributed by atoms with Gasteiger partial charge in [-0.3, -0.25) is 0 Å². The summed E-state index contributed by atoms with van der Waals surface area (Å²) in [5, 5.41) is 4.21. The normalized spacial score (nSPS) is 12.6. The SMILES string of the molecule is CCCCC([n+]1ccccc1)[n+]1cnn(C)c1N. The molecule has 2 heterocycles. The van der Waals surface area contributed by atoms with Crippen molar-refractivity contribution in [3.63, 3.8) is 0 Å². The average molecular weight is 247 g/mol. The zero-order valence-electron chi connectivity index (χ0n) is 11.0.